The Bertz CT molecular complexity index is 386. The van der Waals surface area contributed by atoms with Crippen molar-refractivity contribution in [2.45, 2.75) is 31.9 Å². The van der Waals surface area contributed by atoms with Crippen molar-refractivity contribution < 1.29 is 5.11 Å². The first-order chi connectivity index (χ1) is 8.19. The number of aliphatic hydroxyl groups excluding tert-OH is 1. The highest BCUT2D eigenvalue weighted by Crippen LogP contribution is 2.21. The third-order valence-electron chi connectivity index (χ3n) is 2.60. The normalized spacial score (nSPS) is 14.0. The molecular weight excluding hydrogens is 234 g/mol. The molecule has 0 bridgehead atoms. The van der Waals surface area contributed by atoms with Gasteiger partial charge in [0.2, 0.25) is 0 Å². The van der Waals surface area contributed by atoms with Crippen LogP contribution in [-0.4, -0.2) is 17.7 Å². The predicted octanol–water partition coefficient (Wildman–Crippen LogP) is 2.76. The number of hydrogen-bond acceptors (Lipinski definition) is 2. The predicted molar refractivity (Wildman–Crippen MR) is 71.9 cm³/mol. The minimum atomic E-state index is -0.628. The molecule has 2 unspecified atom stereocenters. The Hall–Kier alpha value is -1.01. The Morgan fingerprint density at radius 1 is 1.47 bits per heavy atom. The summed E-state index contributed by atoms with van der Waals surface area (Å²) >= 11 is 6.00. The van der Waals surface area contributed by atoms with E-state index in [9.17, 15) is 5.11 Å². The van der Waals surface area contributed by atoms with Crippen LogP contribution in [-0.2, 0) is 0 Å². The molecule has 0 aliphatic rings. The third kappa shape index (κ3) is 4.40. The van der Waals surface area contributed by atoms with Gasteiger partial charge in [-0.2, -0.15) is 0 Å². The molecule has 92 valence electrons. The van der Waals surface area contributed by atoms with E-state index in [-0.39, 0.29) is 6.04 Å². The number of terminal acetylenes is 1. The second-order valence-electron chi connectivity index (χ2n) is 3.95. The van der Waals surface area contributed by atoms with E-state index in [0.717, 1.165) is 18.4 Å². The number of aliphatic hydroxyl groups is 1. The molecule has 0 amide bonds. The number of rotatable bonds is 6. The lowest BCUT2D eigenvalue weighted by atomic mass is 10.1. The van der Waals surface area contributed by atoms with Crippen molar-refractivity contribution in [3.8, 4) is 12.3 Å². The SMILES string of the molecule is C#CC(CCC)NCC(O)c1ccccc1Cl. The van der Waals surface area contributed by atoms with Gasteiger partial charge in [0.15, 0.2) is 0 Å². The van der Waals surface area contributed by atoms with Crippen LogP contribution in [0.5, 0.6) is 0 Å². The summed E-state index contributed by atoms with van der Waals surface area (Å²) in [5.41, 5.74) is 0.730. The van der Waals surface area contributed by atoms with Gasteiger partial charge in [-0.15, -0.1) is 6.42 Å². The lowest BCUT2D eigenvalue weighted by Crippen LogP contribution is -2.31. The Balaban J connectivity index is 2.53. The molecule has 0 aliphatic carbocycles. The van der Waals surface area contributed by atoms with E-state index in [0.29, 0.717) is 11.6 Å². The molecule has 1 aromatic carbocycles. The number of halogens is 1. The third-order valence-corrected chi connectivity index (χ3v) is 2.94. The van der Waals surface area contributed by atoms with Gasteiger partial charge in [0.1, 0.15) is 0 Å². The molecule has 2 nitrogen and oxygen atoms in total. The maximum Gasteiger partial charge on any atom is 0.0929 e. The van der Waals surface area contributed by atoms with E-state index in [1.54, 1.807) is 6.07 Å². The van der Waals surface area contributed by atoms with Crippen LogP contribution in [0.2, 0.25) is 5.02 Å². The second kappa shape index (κ2) is 7.34. The average molecular weight is 252 g/mol. The van der Waals surface area contributed by atoms with Crippen LogP contribution < -0.4 is 5.32 Å². The first kappa shape index (κ1) is 14.1. The number of benzene rings is 1. The van der Waals surface area contributed by atoms with Gasteiger partial charge >= 0.3 is 0 Å². The minimum Gasteiger partial charge on any atom is -0.387 e. The van der Waals surface area contributed by atoms with E-state index >= 15 is 0 Å². The van der Waals surface area contributed by atoms with E-state index < -0.39 is 6.10 Å². The first-order valence-corrected chi connectivity index (χ1v) is 6.18. The Labute approximate surface area is 108 Å². The van der Waals surface area contributed by atoms with Crippen molar-refractivity contribution in [2.75, 3.05) is 6.54 Å². The molecule has 1 aromatic rings. The van der Waals surface area contributed by atoms with Crippen LogP contribution in [0.15, 0.2) is 24.3 Å². The summed E-state index contributed by atoms with van der Waals surface area (Å²) in [7, 11) is 0. The molecular formula is C14H18ClNO. The zero-order valence-electron chi connectivity index (χ0n) is 9.99. The molecule has 1 rings (SSSR count). The highest BCUT2D eigenvalue weighted by molar-refractivity contribution is 6.31. The quantitative estimate of drug-likeness (QED) is 0.762. The lowest BCUT2D eigenvalue weighted by Gasteiger charge is -2.17. The summed E-state index contributed by atoms with van der Waals surface area (Å²) in [5.74, 6) is 2.67. The molecule has 0 saturated carbocycles. The number of hydrogen-bond donors (Lipinski definition) is 2. The summed E-state index contributed by atoms with van der Waals surface area (Å²) in [6.45, 7) is 2.50. The van der Waals surface area contributed by atoms with Crippen LogP contribution in [0, 0.1) is 12.3 Å². The maximum atomic E-state index is 10.00. The summed E-state index contributed by atoms with van der Waals surface area (Å²) in [5, 5.41) is 13.7. The highest BCUT2D eigenvalue weighted by atomic mass is 35.5. The van der Waals surface area contributed by atoms with E-state index in [2.05, 4.69) is 18.2 Å². The van der Waals surface area contributed by atoms with Gasteiger partial charge in [0.25, 0.3) is 0 Å². The standard InChI is InChI=1S/C14H18ClNO/c1-3-7-11(4-2)16-10-14(17)12-8-5-6-9-13(12)15/h2,5-6,8-9,11,14,16-17H,3,7,10H2,1H3. The largest absolute Gasteiger partial charge is 0.387 e. The molecule has 0 fully saturated rings. The average Bonchev–Trinajstić information content (AvgIpc) is 2.34. The van der Waals surface area contributed by atoms with Crippen LogP contribution in [0.4, 0.5) is 0 Å². The van der Waals surface area contributed by atoms with Crippen LogP contribution in [0.25, 0.3) is 0 Å². The highest BCUT2D eigenvalue weighted by Gasteiger charge is 2.12. The summed E-state index contributed by atoms with van der Waals surface area (Å²) < 4.78 is 0. The summed E-state index contributed by atoms with van der Waals surface area (Å²) in [6, 6.07) is 7.30. The Morgan fingerprint density at radius 3 is 2.76 bits per heavy atom. The van der Waals surface area contributed by atoms with Gasteiger partial charge in [0.05, 0.1) is 12.1 Å². The summed E-state index contributed by atoms with van der Waals surface area (Å²) in [4.78, 5) is 0. The maximum absolute atomic E-state index is 10.00. The van der Waals surface area contributed by atoms with E-state index in [4.69, 9.17) is 18.0 Å². The van der Waals surface area contributed by atoms with Gasteiger partial charge in [-0.1, -0.05) is 49.1 Å². The fraction of sp³-hybridized carbons (Fsp3) is 0.429. The molecule has 0 saturated heterocycles. The van der Waals surface area contributed by atoms with E-state index in [1.807, 2.05) is 18.2 Å². The second-order valence-corrected chi connectivity index (χ2v) is 4.36. The molecule has 3 heteroatoms. The monoisotopic (exact) mass is 251 g/mol. The van der Waals surface area contributed by atoms with Crippen LogP contribution in [0.3, 0.4) is 0 Å². The number of nitrogens with one attached hydrogen (secondary N) is 1. The Morgan fingerprint density at radius 2 is 2.18 bits per heavy atom. The van der Waals surface area contributed by atoms with Crippen molar-refractivity contribution in [3.05, 3.63) is 34.9 Å². The van der Waals surface area contributed by atoms with E-state index in [1.165, 1.54) is 0 Å². The van der Waals surface area contributed by atoms with Crippen molar-refractivity contribution in [1.82, 2.24) is 5.32 Å². The molecule has 0 aromatic heterocycles. The molecule has 2 N–H and O–H groups in total. The zero-order valence-corrected chi connectivity index (χ0v) is 10.7. The molecule has 0 spiro atoms. The van der Waals surface area contributed by atoms with Gasteiger partial charge in [-0.05, 0) is 12.5 Å². The summed E-state index contributed by atoms with van der Waals surface area (Å²) in [6.07, 6.45) is 6.69. The topological polar surface area (TPSA) is 32.3 Å². The Kier molecular flexibility index (Phi) is 6.07. The van der Waals surface area contributed by atoms with Gasteiger partial charge in [-0.3, -0.25) is 0 Å². The smallest absolute Gasteiger partial charge is 0.0929 e. The van der Waals surface area contributed by atoms with Gasteiger partial charge in [-0.25, -0.2) is 0 Å². The van der Waals surface area contributed by atoms with Gasteiger partial charge in [0, 0.05) is 17.1 Å². The zero-order chi connectivity index (χ0) is 12.7. The first-order valence-electron chi connectivity index (χ1n) is 5.81. The molecule has 0 aliphatic heterocycles. The molecule has 0 heterocycles. The van der Waals surface area contributed by atoms with Crippen molar-refractivity contribution >= 4 is 11.6 Å². The minimum absolute atomic E-state index is 0.0112. The van der Waals surface area contributed by atoms with Crippen molar-refractivity contribution in [3.63, 3.8) is 0 Å². The van der Waals surface area contributed by atoms with Crippen molar-refractivity contribution in [1.29, 1.82) is 0 Å². The van der Waals surface area contributed by atoms with Crippen molar-refractivity contribution in [2.24, 2.45) is 0 Å². The molecule has 17 heavy (non-hydrogen) atoms. The van der Waals surface area contributed by atoms with Crippen LogP contribution >= 0.6 is 11.6 Å². The molecule has 0 radical (unpaired) electrons. The van der Waals surface area contributed by atoms with Gasteiger partial charge < -0.3 is 10.4 Å². The fourth-order valence-corrected chi connectivity index (χ4v) is 1.90. The van der Waals surface area contributed by atoms with Crippen LogP contribution in [0.1, 0.15) is 31.4 Å². The molecule has 2 atom stereocenters. The fourth-order valence-electron chi connectivity index (χ4n) is 1.64. The lowest BCUT2D eigenvalue weighted by molar-refractivity contribution is 0.172.